The quantitative estimate of drug-likeness (QED) is 0.203. The fourth-order valence-electron chi connectivity index (χ4n) is 5.28. The van der Waals surface area contributed by atoms with Crippen molar-refractivity contribution in [3.8, 4) is 5.75 Å². The van der Waals surface area contributed by atoms with E-state index in [4.69, 9.17) is 4.74 Å². The van der Waals surface area contributed by atoms with E-state index in [2.05, 4.69) is 16.0 Å². The Balaban J connectivity index is 1.41. The van der Waals surface area contributed by atoms with Crippen LogP contribution in [-0.4, -0.2) is 71.8 Å². The average molecular weight is 614 g/mol. The third-order valence-corrected chi connectivity index (χ3v) is 7.87. The summed E-state index contributed by atoms with van der Waals surface area (Å²) in [7, 11) is 1.66. The van der Waals surface area contributed by atoms with Crippen LogP contribution in [-0.2, 0) is 0 Å². The molecular formula is C34H36FN5O5. The first-order valence-electron chi connectivity index (χ1n) is 14.7. The summed E-state index contributed by atoms with van der Waals surface area (Å²) in [5.74, 6) is -0.923. The highest BCUT2D eigenvalue weighted by atomic mass is 19.1. The number of benzene rings is 4. The van der Waals surface area contributed by atoms with Crippen LogP contribution in [0, 0.1) is 11.7 Å². The molecule has 0 spiro atoms. The molecule has 0 radical (unpaired) electrons. The van der Waals surface area contributed by atoms with Gasteiger partial charge in [-0.3, -0.25) is 4.79 Å². The summed E-state index contributed by atoms with van der Waals surface area (Å²) in [6, 6.07) is 22.1. The van der Waals surface area contributed by atoms with Crippen LogP contribution in [0.2, 0.25) is 0 Å². The molecule has 10 nitrogen and oxygen atoms in total. The van der Waals surface area contributed by atoms with E-state index in [9.17, 15) is 23.9 Å². The number of hydrogen-bond acceptors (Lipinski definition) is 5. The molecule has 0 aliphatic carbocycles. The molecule has 0 bridgehead atoms. The van der Waals surface area contributed by atoms with Gasteiger partial charge >= 0.3 is 12.1 Å². The number of amides is 5. The second-order valence-electron chi connectivity index (χ2n) is 11.2. The number of aliphatic hydroxyl groups is 1. The molecule has 1 aliphatic rings. The molecule has 45 heavy (non-hydrogen) atoms. The lowest BCUT2D eigenvalue weighted by atomic mass is 9.99. The van der Waals surface area contributed by atoms with Gasteiger partial charge in [0, 0.05) is 30.6 Å². The molecule has 11 heteroatoms. The van der Waals surface area contributed by atoms with Crippen molar-refractivity contribution in [2.75, 3.05) is 42.7 Å². The number of nitrogens with one attached hydrogen (secondary N) is 3. The van der Waals surface area contributed by atoms with Crippen molar-refractivity contribution in [2.24, 2.45) is 5.92 Å². The molecule has 0 fully saturated rings. The van der Waals surface area contributed by atoms with E-state index >= 15 is 0 Å². The van der Waals surface area contributed by atoms with Gasteiger partial charge < -0.3 is 35.6 Å². The third kappa shape index (κ3) is 7.15. The maximum atomic E-state index is 13.7. The smallest absolute Gasteiger partial charge is 0.323 e. The second-order valence-corrected chi connectivity index (χ2v) is 11.2. The number of fused-ring (bicyclic) bond motifs is 2. The van der Waals surface area contributed by atoms with E-state index < -0.39 is 24.0 Å². The summed E-state index contributed by atoms with van der Waals surface area (Å²) in [5, 5.41) is 20.2. The minimum Gasteiger partial charge on any atom is -0.485 e. The monoisotopic (exact) mass is 613 g/mol. The Morgan fingerprint density at radius 2 is 1.67 bits per heavy atom. The highest BCUT2D eigenvalue weighted by molar-refractivity contribution is 6.04. The van der Waals surface area contributed by atoms with Crippen molar-refractivity contribution in [3.05, 3.63) is 96.3 Å². The number of para-hydroxylation sites is 1. The molecule has 0 saturated heterocycles. The number of rotatable bonds is 7. The lowest BCUT2D eigenvalue weighted by molar-refractivity contribution is 0.0373. The van der Waals surface area contributed by atoms with Crippen molar-refractivity contribution < 1.29 is 28.6 Å². The fourth-order valence-corrected chi connectivity index (χ4v) is 5.28. The molecule has 5 rings (SSSR count). The van der Waals surface area contributed by atoms with Gasteiger partial charge in [-0.15, -0.1) is 0 Å². The van der Waals surface area contributed by atoms with Crippen LogP contribution in [0.15, 0.2) is 84.9 Å². The standard InChI is InChI=1S/C34H36FN5O5/c1-21-18-40(22(2)20-41)32(42)27-11-7-13-29(37-33(43)36-25-16-14-24(35)15-17-25)31(27)45-30(21)19-39(3)34(44)38-28-12-6-9-23-8-4-5-10-26(23)28/h4-17,21-22,30,41H,18-20H2,1-3H3,(H,38,44)(H2,36,37,43)/t21-,22-,30-/m0/s1. The molecule has 4 aromatic rings. The van der Waals surface area contributed by atoms with E-state index in [1.54, 1.807) is 37.1 Å². The van der Waals surface area contributed by atoms with Crippen molar-refractivity contribution in [3.63, 3.8) is 0 Å². The van der Waals surface area contributed by atoms with Gasteiger partial charge in [-0.1, -0.05) is 49.4 Å². The normalized spacial score (nSPS) is 16.9. The molecule has 4 N–H and O–H groups in total. The summed E-state index contributed by atoms with van der Waals surface area (Å²) in [5.41, 5.74) is 1.49. The van der Waals surface area contributed by atoms with Crippen molar-refractivity contribution in [1.29, 1.82) is 0 Å². The predicted octanol–water partition coefficient (Wildman–Crippen LogP) is 6.01. The summed E-state index contributed by atoms with van der Waals surface area (Å²) in [6.07, 6.45) is -0.600. The Kier molecular flexibility index (Phi) is 9.48. The number of anilines is 3. The van der Waals surface area contributed by atoms with Crippen LogP contribution in [0.1, 0.15) is 24.2 Å². The molecule has 0 saturated carbocycles. The number of nitrogens with zero attached hydrogens (tertiary/aromatic N) is 2. The lowest BCUT2D eigenvalue weighted by Crippen LogP contribution is -2.50. The molecule has 5 amide bonds. The number of hydrogen-bond donors (Lipinski definition) is 4. The number of urea groups is 2. The Bertz CT molecular complexity index is 1690. The molecule has 0 unspecified atom stereocenters. The van der Waals surface area contributed by atoms with Gasteiger partial charge in [-0.25, -0.2) is 14.0 Å². The molecule has 4 aromatic carbocycles. The van der Waals surface area contributed by atoms with Crippen LogP contribution < -0.4 is 20.7 Å². The highest BCUT2D eigenvalue weighted by Gasteiger charge is 2.35. The number of carbonyl (C=O) groups excluding carboxylic acids is 3. The first kappa shape index (κ1) is 31.3. The van der Waals surface area contributed by atoms with Gasteiger partial charge in [-0.2, -0.15) is 0 Å². The summed E-state index contributed by atoms with van der Waals surface area (Å²) >= 11 is 0. The molecule has 234 valence electrons. The van der Waals surface area contributed by atoms with Crippen LogP contribution in [0.25, 0.3) is 10.8 Å². The largest absolute Gasteiger partial charge is 0.485 e. The SMILES string of the molecule is C[C@H]1CN([C@@H](C)CO)C(=O)c2cccc(NC(=O)Nc3ccc(F)cc3)c2O[C@H]1CN(C)C(=O)Nc1cccc2ccccc12. The number of aliphatic hydroxyl groups excluding tert-OH is 1. The number of halogens is 1. The highest BCUT2D eigenvalue weighted by Crippen LogP contribution is 2.35. The van der Waals surface area contributed by atoms with Gasteiger partial charge in [0.05, 0.1) is 36.1 Å². The third-order valence-electron chi connectivity index (χ3n) is 7.87. The van der Waals surface area contributed by atoms with Crippen LogP contribution in [0.3, 0.4) is 0 Å². The summed E-state index contributed by atoms with van der Waals surface area (Å²) < 4.78 is 19.8. The fraction of sp³-hybridized carbons (Fsp3) is 0.265. The number of likely N-dealkylation sites (N-methyl/N-ethyl adjacent to an activating group) is 1. The topological polar surface area (TPSA) is 123 Å². The zero-order valence-electron chi connectivity index (χ0n) is 25.3. The molecular weight excluding hydrogens is 577 g/mol. The maximum Gasteiger partial charge on any atom is 0.323 e. The Morgan fingerprint density at radius 3 is 2.42 bits per heavy atom. The Morgan fingerprint density at radius 1 is 0.978 bits per heavy atom. The molecule has 1 aliphatic heterocycles. The maximum absolute atomic E-state index is 13.7. The van der Waals surface area contributed by atoms with Gasteiger partial charge in [0.25, 0.3) is 5.91 Å². The second kappa shape index (κ2) is 13.6. The first-order valence-corrected chi connectivity index (χ1v) is 14.7. The number of ether oxygens (including phenoxy) is 1. The molecule has 3 atom stereocenters. The Hall–Kier alpha value is -5.16. The van der Waals surface area contributed by atoms with Crippen molar-refractivity contribution in [1.82, 2.24) is 9.80 Å². The van der Waals surface area contributed by atoms with Gasteiger partial charge in [-0.05, 0) is 54.8 Å². The van der Waals surface area contributed by atoms with Gasteiger partial charge in [0.2, 0.25) is 0 Å². The van der Waals surface area contributed by atoms with E-state index in [1.165, 1.54) is 29.2 Å². The first-order chi connectivity index (χ1) is 21.6. The zero-order valence-corrected chi connectivity index (χ0v) is 25.3. The van der Waals surface area contributed by atoms with Crippen molar-refractivity contribution >= 4 is 45.8 Å². The van der Waals surface area contributed by atoms with E-state index in [-0.39, 0.29) is 54.6 Å². The molecule has 0 aromatic heterocycles. The van der Waals surface area contributed by atoms with Gasteiger partial charge in [0.1, 0.15) is 11.9 Å². The Labute approximate surface area is 260 Å². The van der Waals surface area contributed by atoms with E-state index in [1.807, 2.05) is 49.4 Å². The van der Waals surface area contributed by atoms with E-state index in [0.29, 0.717) is 11.4 Å². The van der Waals surface area contributed by atoms with Crippen LogP contribution >= 0.6 is 0 Å². The number of carbonyl (C=O) groups is 3. The minimum atomic E-state index is -0.620. The summed E-state index contributed by atoms with van der Waals surface area (Å²) in [6.45, 7) is 3.84. The van der Waals surface area contributed by atoms with Gasteiger partial charge in [0.15, 0.2) is 5.75 Å². The lowest BCUT2D eigenvalue weighted by Gasteiger charge is -2.38. The zero-order chi connectivity index (χ0) is 32.1. The average Bonchev–Trinajstić information content (AvgIpc) is 3.03. The molecule has 1 heterocycles. The van der Waals surface area contributed by atoms with Crippen LogP contribution in [0.4, 0.5) is 31.0 Å². The minimum absolute atomic E-state index is 0.145. The summed E-state index contributed by atoms with van der Waals surface area (Å²) in [4.78, 5) is 43.2. The predicted molar refractivity (Wildman–Crippen MR) is 172 cm³/mol. The van der Waals surface area contributed by atoms with E-state index in [0.717, 1.165) is 10.8 Å². The van der Waals surface area contributed by atoms with Crippen molar-refractivity contribution in [2.45, 2.75) is 26.0 Å². The van der Waals surface area contributed by atoms with Crippen LogP contribution in [0.5, 0.6) is 5.75 Å².